The molecule has 5 heteroatoms. The van der Waals surface area contributed by atoms with E-state index in [1.807, 2.05) is 54.5 Å². The van der Waals surface area contributed by atoms with Crippen LogP contribution in [0.5, 0.6) is 0 Å². The van der Waals surface area contributed by atoms with Crippen LogP contribution < -0.4 is 0 Å². The molecule has 0 aromatic heterocycles. The fraction of sp³-hybridized carbons (Fsp3) is 0.778. The van der Waals surface area contributed by atoms with Crippen LogP contribution in [0.3, 0.4) is 0 Å². The molecule has 1 rings (SSSR count). The Hall–Kier alpha value is -1.20. The van der Waals surface area contributed by atoms with Crippen molar-refractivity contribution in [1.82, 2.24) is 0 Å². The Labute approximate surface area is 139 Å². The number of hydrogen-bond donors (Lipinski definition) is 0. The van der Waals surface area contributed by atoms with Gasteiger partial charge in [-0.1, -0.05) is 6.92 Å². The minimum atomic E-state index is -0.748. The maximum Gasteiger partial charge on any atom is 0.311 e. The predicted octanol–water partition coefficient (Wildman–Crippen LogP) is 3.27. The van der Waals surface area contributed by atoms with Gasteiger partial charge in [-0.2, -0.15) is 0 Å². The van der Waals surface area contributed by atoms with Crippen LogP contribution in [0.4, 0.5) is 0 Å². The highest BCUT2D eigenvalue weighted by Gasteiger charge is 2.41. The molecule has 0 aromatic carbocycles. The van der Waals surface area contributed by atoms with Gasteiger partial charge in [0.05, 0.1) is 17.6 Å². The lowest BCUT2D eigenvalue weighted by molar-refractivity contribution is -0.310. The molecule has 23 heavy (non-hydrogen) atoms. The molecule has 1 heterocycles. The molecular weight excluding hydrogens is 296 g/mol. The molecule has 3 atom stereocenters. The predicted molar refractivity (Wildman–Crippen MR) is 87.8 cm³/mol. The number of hydrogen-bond acceptors (Lipinski definition) is 5. The topological polar surface area (TPSA) is 61.8 Å². The molecule has 1 aliphatic heterocycles. The Morgan fingerprint density at radius 3 is 2.39 bits per heavy atom. The Balaban J connectivity index is 2.75. The van der Waals surface area contributed by atoms with Crippen molar-refractivity contribution in [1.29, 1.82) is 0 Å². The first-order valence-corrected chi connectivity index (χ1v) is 8.11. The number of ether oxygens (including phenoxy) is 3. The maximum atomic E-state index is 11.8. The van der Waals surface area contributed by atoms with Crippen molar-refractivity contribution in [3.63, 3.8) is 0 Å². The highest BCUT2D eigenvalue weighted by Crippen LogP contribution is 2.35. The number of rotatable bonds is 5. The van der Waals surface area contributed by atoms with E-state index >= 15 is 0 Å². The standard InChI is InChI=1S/C18H30O5/c1-12(9-11-21-16(20)17(3,4)5)15-13(2)14(8-10-19)22-18(6,7)23-15/h9-10,13-15H,8,11H2,1-7H3/b12-9-/t13-,14-,15-/m0/s1. The highest BCUT2D eigenvalue weighted by atomic mass is 16.7. The molecule has 0 unspecified atom stereocenters. The molecule has 0 saturated carbocycles. The third-order valence-corrected chi connectivity index (χ3v) is 3.92. The summed E-state index contributed by atoms with van der Waals surface area (Å²) in [4.78, 5) is 22.6. The number of carbonyl (C=O) groups excluding carboxylic acids is 2. The first-order chi connectivity index (χ1) is 10.5. The molecule has 132 valence electrons. The van der Waals surface area contributed by atoms with Crippen LogP contribution in [0.2, 0.25) is 0 Å². The van der Waals surface area contributed by atoms with Crippen molar-refractivity contribution < 1.29 is 23.8 Å². The van der Waals surface area contributed by atoms with Gasteiger partial charge in [0.1, 0.15) is 12.9 Å². The molecule has 0 spiro atoms. The average molecular weight is 326 g/mol. The lowest BCUT2D eigenvalue weighted by atomic mass is 9.89. The van der Waals surface area contributed by atoms with E-state index in [1.54, 1.807) is 0 Å². The van der Waals surface area contributed by atoms with Crippen molar-refractivity contribution >= 4 is 12.3 Å². The van der Waals surface area contributed by atoms with Gasteiger partial charge in [0, 0.05) is 12.3 Å². The molecule has 0 aromatic rings. The van der Waals surface area contributed by atoms with Crippen LogP contribution in [0.15, 0.2) is 11.6 Å². The molecule has 0 radical (unpaired) electrons. The molecule has 0 bridgehead atoms. The molecule has 1 fully saturated rings. The van der Waals surface area contributed by atoms with Gasteiger partial charge >= 0.3 is 5.97 Å². The monoisotopic (exact) mass is 326 g/mol. The first-order valence-electron chi connectivity index (χ1n) is 8.11. The summed E-state index contributed by atoms with van der Waals surface area (Å²) in [7, 11) is 0. The Morgan fingerprint density at radius 1 is 1.26 bits per heavy atom. The number of carbonyl (C=O) groups is 2. The van der Waals surface area contributed by atoms with Crippen molar-refractivity contribution in [3.05, 3.63) is 11.6 Å². The average Bonchev–Trinajstić information content (AvgIpc) is 2.41. The van der Waals surface area contributed by atoms with E-state index in [0.717, 1.165) is 11.9 Å². The van der Waals surface area contributed by atoms with E-state index in [2.05, 4.69) is 0 Å². The largest absolute Gasteiger partial charge is 0.461 e. The molecule has 1 saturated heterocycles. The number of aldehydes is 1. The van der Waals surface area contributed by atoms with Crippen LogP contribution in [-0.2, 0) is 23.8 Å². The molecule has 5 nitrogen and oxygen atoms in total. The van der Waals surface area contributed by atoms with E-state index in [-0.39, 0.29) is 30.7 Å². The SMILES string of the molecule is C/C(=C/COC(=O)C(C)(C)C)[C@@H]1OC(C)(C)O[C@@H](CC=O)[C@@H]1C. The second-order valence-electron chi connectivity index (χ2n) is 7.65. The summed E-state index contributed by atoms with van der Waals surface area (Å²) in [5, 5.41) is 0. The minimum Gasteiger partial charge on any atom is -0.461 e. The normalized spacial score (nSPS) is 28.3. The van der Waals surface area contributed by atoms with Gasteiger partial charge in [-0.15, -0.1) is 0 Å². The van der Waals surface area contributed by atoms with E-state index < -0.39 is 11.2 Å². The fourth-order valence-corrected chi connectivity index (χ4v) is 2.55. The van der Waals surface area contributed by atoms with Gasteiger partial charge in [0.25, 0.3) is 0 Å². The van der Waals surface area contributed by atoms with Gasteiger partial charge in [-0.25, -0.2) is 0 Å². The summed E-state index contributed by atoms with van der Waals surface area (Å²) in [6.45, 7) is 13.3. The van der Waals surface area contributed by atoms with Crippen molar-refractivity contribution in [2.24, 2.45) is 11.3 Å². The quantitative estimate of drug-likeness (QED) is 0.441. The third kappa shape index (κ3) is 5.74. The summed E-state index contributed by atoms with van der Waals surface area (Å²) < 4.78 is 17.1. The maximum absolute atomic E-state index is 11.8. The van der Waals surface area contributed by atoms with Crippen LogP contribution in [0.25, 0.3) is 0 Å². The zero-order valence-corrected chi connectivity index (χ0v) is 15.3. The van der Waals surface area contributed by atoms with E-state index in [4.69, 9.17) is 14.2 Å². The smallest absolute Gasteiger partial charge is 0.311 e. The summed E-state index contributed by atoms with van der Waals surface area (Å²) in [5.41, 5.74) is 0.466. The lowest BCUT2D eigenvalue weighted by Crippen LogP contribution is -2.50. The van der Waals surface area contributed by atoms with Gasteiger partial charge in [0.2, 0.25) is 0 Å². The number of esters is 1. The van der Waals surface area contributed by atoms with Crippen molar-refractivity contribution in [2.75, 3.05) is 6.61 Å². The van der Waals surface area contributed by atoms with Crippen LogP contribution in [0.1, 0.15) is 54.9 Å². The molecule has 1 aliphatic rings. The molecular formula is C18H30O5. The second-order valence-corrected chi connectivity index (χ2v) is 7.65. The minimum absolute atomic E-state index is 0.0443. The summed E-state index contributed by atoms with van der Waals surface area (Å²) in [5.74, 6) is -0.938. The van der Waals surface area contributed by atoms with E-state index in [1.165, 1.54) is 0 Å². The first kappa shape index (κ1) is 19.8. The third-order valence-electron chi connectivity index (χ3n) is 3.92. The van der Waals surface area contributed by atoms with Gasteiger partial charge in [-0.3, -0.25) is 4.79 Å². The Morgan fingerprint density at radius 2 is 1.87 bits per heavy atom. The Bertz CT molecular complexity index is 459. The summed E-state index contributed by atoms with van der Waals surface area (Å²) >= 11 is 0. The van der Waals surface area contributed by atoms with Crippen LogP contribution in [-0.4, -0.2) is 36.9 Å². The van der Waals surface area contributed by atoms with Gasteiger partial charge in [0.15, 0.2) is 5.79 Å². The zero-order chi connectivity index (χ0) is 17.8. The van der Waals surface area contributed by atoms with Gasteiger partial charge < -0.3 is 19.0 Å². The van der Waals surface area contributed by atoms with Crippen molar-refractivity contribution in [3.8, 4) is 0 Å². The second kappa shape index (κ2) is 7.58. The van der Waals surface area contributed by atoms with Crippen LogP contribution in [0, 0.1) is 11.3 Å². The molecule has 0 N–H and O–H groups in total. The highest BCUT2D eigenvalue weighted by molar-refractivity contribution is 5.75. The van der Waals surface area contributed by atoms with E-state index in [0.29, 0.717) is 6.42 Å². The molecule has 0 amide bonds. The Kier molecular flexibility index (Phi) is 6.54. The fourth-order valence-electron chi connectivity index (χ4n) is 2.55. The lowest BCUT2D eigenvalue weighted by Gasteiger charge is -2.45. The van der Waals surface area contributed by atoms with Crippen molar-refractivity contribution in [2.45, 2.75) is 72.9 Å². The summed E-state index contributed by atoms with van der Waals surface area (Å²) in [6, 6.07) is 0. The van der Waals surface area contributed by atoms with E-state index in [9.17, 15) is 9.59 Å². The van der Waals surface area contributed by atoms with Gasteiger partial charge in [-0.05, 0) is 53.2 Å². The molecule has 0 aliphatic carbocycles. The van der Waals surface area contributed by atoms with Crippen LogP contribution >= 0.6 is 0 Å². The zero-order valence-electron chi connectivity index (χ0n) is 15.3. The summed E-state index contributed by atoms with van der Waals surface area (Å²) in [6.07, 6.45) is 2.74.